The van der Waals surface area contributed by atoms with Gasteiger partial charge in [-0.25, -0.2) is 0 Å². The molecule has 5 aromatic carbocycles. The van der Waals surface area contributed by atoms with Gasteiger partial charge in [-0.3, -0.25) is 0 Å². The Morgan fingerprint density at radius 3 is 1.92 bits per heavy atom. The maximum absolute atomic E-state index is 5.31. The van der Waals surface area contributed by atoms with Crippen LogP contribution in [0.2, 0.25) is 0 Å². The Balaban J connectivity index is 1.56. The number of hydrogen-bond donors (Lipinski definition) is 1. The van der Waals surface area contributed by atoms with Gasteiger partial charge >= 0.3 is 0 Å². The molecule has 0 atom stereocenters. The largest absolute Gasteiger partial charge is 0.362 e. The van der Waals surface area contributed by atoms with Crippen molar-refractivity contribution in [3.05, 3.63) is 145 Å². The second kappa shape index (κ2) is 12.3. The second-order valence-electron chi connectivity index (χ2n) is 8.62. The lowest BCUT2D eigenvalue weighted by Gasteiger charge is -2.15. The number of allylic oxidation sites excluding steroid dienone is 3. The van der Waals surface area contributed by atoms with Gasteiger partial charge < -0.3 is 9.50 Å². The molecule has 0 aliphatic carbocycles. The van der Waals surface area contributed by atoms with Gasteiger partial charge in [-0.15, -0.1) is 0 Å². The summed E-state index contributed by atoms with van der Waals surface area (Å²) in [4.78, 5) is 0. The predicted molar refractivity (Wildman–Crippen MR) is 163 cm³/mol. The first-order valence-corrected chi connectivity index (χ1v) is 13.3. The molecule has 0 heterocycles. The van der Waals surface area contributed by atoms with Gasteiger partial charge in [-0.05, 0) is 74.1 Å². The van der Waals surface area contributed by atoms with E-state index in [1.54, 1.807) is 7.11 Å². The van der Waals surface area contributed by atoms with Crippen molar-refractivity contribution in [2.75, 3.05) is 18.2 Å². The number of anilines is 1. The summed E-state index contributed by atoms with van der Waals surface area (Å²) < 4.78 is 5.31. The Bertz CT molecular complexity index is 1510. The first-order valence-electron chi connectivity index (χ1n) is 12.3. The van der Waals surface area contributed by atoms with Crippen LogP contribution in [0.5, 0.6) is 0 Å². The topological polar surface area (TPSA) is 21.3 Å². The highest BCUT2D eigenvalue weighted by Gasteiger charge is 2.13. The van der Waals surface area contributed by atoms with Gasteiger partial charge in [-0.1, -0.05) is 115 Å². The summed E-state index contributed by atoms with van der Waals surface area (Å²) in [6.07, 6.45) is 10.6. The number of benzene rings is 5. The normalized spacial score (nSPS) is 12.2. The van der Waals surface area contributed by atoms with Gasteiger partial charge in [0.15, 0.2) is 0 Å². The van der Waals surface area contributed by atoms with Crippen molar-refractivity contribution in [1.82, 2.24) is 0 Å². The first kappa shape index (κ1) is 24.6. The fraction of sp³-hybridized carbons (Fsp3) is 0.0588. The average molecular weight is 500 g/mol. The Hall–Kier alpha value is -4.05. The summed E-state index contributed by atoms with van der Waals surface area (Å²) in [5.41, 5.74) is 5.97. The zero-order valence-corrected chi connectivity index (χ0v) is 21.6. The summed E-state index contributed by atoms with van der Waals surface area (Å²) in [6, 6.07) is 38.3. The van der Waals surface area contributed by atoms with Gasteiger partial charge in [0.05, 0.1) is 7.11 Å². The molecule has 0 aliphatic heterocycles. The Morgan fingerprint density at radius 2 is 1.30 bits per heavy atom. The molecule has 0 bridgehead atoms. The molecule has 0 saturated heterocycles. The SMILES string of the molecule is COSCC(/C=C\c1c2ccccc2c(-c2ccccc2)c2ccccc12)=C/C=C/Nc1ccccc1. The third-order valence-corrected chi connectivity index (χ3v) is 6.96. The van der Waals surface area contributed by atoms with E-state index < -0.39 is 0 Å². The molecule has 5 aromatic rings. The third kappa shape index (κ3) is 5.86. The molecule has 0 aromatic heterocycles. The molecular weight excluding hydrogens is 470 g/mol. The predicted octanol–water partition coefficient (Wildman–Crippen LogP) is 9.52. The van der Waals surface area contributed by atoms with E-state index in [4.69, 9.17) is 4.18 Å². The Morgan fingerprint density at radius 1 is 0.730 bits per heavy atom. The molecule has 5 rings (SSSR count). The van der Waals surface area contributed by atoms with Gasteiger partial charge in [-0.2, -0.15) is 0 Å². The smallest absolute Gasteiger partial charge is 0.0503 e. The van der Waals surface area contributed by atoms with E-state index in [0.717, 1.165) is 11.4 Å². The lowest BCUT2D eigenvalue weighted by Crippen LogP contribution is -1.90. The van der Waals surface area contributed by atoms with Crippen LogP contribution in [-0.4, -0.2) is 12.9 Å². The number of hydrogen-bond acceptors (Lipinski definition) is 3. The maximum Gasteiger partial charge on any atom is 0.0503 e. The van der Waals surface area contributed by atoms with Crippen LogP contribution >= 0.6 is 12.0 Å². The van der Waals surface area contributed by atoms with E-state index >= 15 is 0 Å². The summed E-state index contributed by atoms with van der Waals surface area (Å²) in [5.74, 6) is 0.751. The van der Waals surface area contributed by atoms with E-state index in [9.17, 15) is 0 Å². The average Bonchev–Trinajstić information content (AvgIpc) is 2.96. The number of nitrogens with one attached hydrogen (secondary N) is 1. The fourth-order valence-electron chi connectivity index (χ4n) is 4.58. The molecular formula is C34H29NOS. The standard InChI is InChI=1S/C34H29NOS/c1-36-37-25-26(13-12-24-35-28-16-6-3-7-17-28)22-23-31-29-18-8-10-20-32(29)34(27-14-4-2-5-15-27)33-21-11-9-19-30(31)33/h2-24,35H,25H2,1H3/b23-22-,24-12+,26-13+. The van der Waals surface area contributed by atoms with Crippen molar-refractivity contribution >= 4 is 45.4 Å². The molecule has 0 amide bonds. The van der Waals surface area contributed by atoms with E-state index in [2.05, 4.69) is 102 Å². The second-order valence-corrected chi connectivity index (χ2v) is 9.48. The minimum atomic E-state index is 0.751. The molecule has 0 radical (unpaired) electrons. The van der Waals surface area contributed by atoms with Gasteiger partial charge in [0.25, 0.3) is 0 Å². The number of rotatable bonds is 9. The lowest BCUT2D eigenvalue weighted by molar-refractivity contribution is 0.491. The molecule has 0 unspecified atom stereocenters. The van der Waals surface area contributed by atoms with Crippen molar-refractivity contribution < 1.29 is 4.18 Å². The molecule has 0 saturated carbocycles. The molecule has 37 heavy (non-hydrogen) atoms. The highest BCUT2D eigenvalue weighted by Crippen LogP contribution is 2.39. The lowest BCUT2D eigenvalue weighted by atomic mass is 9.88. The summed E-state index contributed by atoms with van der Waals surface area (Å²) >= 11 is 1.44. The van der Waals surface area contributed by atoms with Crippen molar-refractivity contribution in [3.63, 3.8) is 0 Å². The van der Waals surface area contributed by atoms with Crippen LogP contribution in [-0.2, 0) is 4.18 Å². The van der Waals surface area contributed by atoms with Crippen molar-refractivity contribution in [1.29, 1.82) is 0 Å². The fourth-order valence-corrected chi connectivity index (χ4v) is 5.02. The van der Waals surface area contributed by atoms with Crippen LogP contribution < -0.4 is 5.32 Å². The van der Waals surface area contributed by atoms with Crippen molar-refractivity contribution in [2.45, 2.75) is 0 Å². The quantitative estimate of drug-likeness (QED) is 0.124. The van der Waals surface area contributed by atoms with E-state index in [-0.39, 0.29) is 0 Å². The van der Waals surface area contributed by atoms with Gasteiger partial charge in [0.1, 0.15) is 0 Å². The Labute approximate surface area is 223 Å². The van der Waals surface area contributed by atoms with Crippen molar-refractivity contribution in [3.8, 4) is 11.1 Å². The van der Waals surface area contributed by atoms with Crippen LogP contribution in [0.3, 0.4) is 0 Å². The highest BCUT2D eigenvalue weighted by molar-refractivity contribution is 7.94. The summed E-state index contributed by atoms with van der Waals surface area (Å²) in [5, 5.41) is 8.33. The van der Waals surface area contributed by atoms with Crippen molar-refractivity contribution in [2.24, 2.45) is 0 Å². The van der Waals surface area contributed by atoms with Crippen LogP contribution in [0.25, 0.3) is 38.7 Å². The maximum atomic E-state index is 5.31. The zero-order chi connectivity index (χ0) is 25.3. The molecule has 0 spiro atoms. The molecule has 0 fully saturated rings. The summed E-state index contributed by atoms with van der Waals surface area (Å²) in [6.45, 7) is 0. The molecule has 2 nitrogen and oxygen atoms in total. The first-order chi connectivity index (χ1) is 18.3. The van der Waals surface area contributed by atoms with E-state index in [1.165, 1.54) is 55.9 Å². The van der Waals surface area contributed by atoms with Gasteiger partial charge in [0.2, 0.25) is 0 Å². The summed E-state index contributed by atoms with van der Waals surface area (Å²) in [7, 11) is 1.71. The molecule has 1 N–H and O–H groups in total. The zero-order valence-electron chi connectivity index (χ0n) is 20.8. The monoisotopic (exact) mass is 499 g/mol. The van der Waals surface area contributed by atoms with E-state index in [0.29, 0.717) is 0 Å². The van der Waals surface area contributed by atoms with E-state index in [1.807, 2.05) is 42.6 Å². The molecule has 3 heteroatoms. The third-order valence-electron chi connectivity index (χ3n) is 6.27. The van der Waals surface area contributed by atoms with Gasteiger partial charge in [0, 0.05) is 17.6 Å². The highest BCUT2D eigenvalue weighted by atomic mass is 32.2. The Kier molecular flexibility index (Phi) is 8.17. The van der Waals surface area contributed by atoms with Crippen LogP contribution in [0.15, 0.2) is 139 Å². The van der Waals surface area contributed by atoms with Crippen LogP contribution in [0.4, 0.5) is 5.69 Å². The minimum absolute atomic E-state index is 0.751. The van der Waals surface area contributed by atoms with Crippen LogP contribution in [0, 0.1) is 0 Å². The molecule has 0 aliphatic rings. The molecule has 182 valence electrons. The number of para-hydroxylation sites is 1. The minimum Gasteiger partial charge on any atom is -0.362 e. The number of fused-ring (bicyclic) bond motifs is 2. The van der Waals surface area contributed by atoms with Crippen LogP contribution in [0.1, 0.15) is 5.56 Å².